The van der Waals surface area contributed by atoms with Crippen molar-refractivity contribution in [2.45, 2.75) is 32.6 Å². The molecule has 0 aliphatic rings. The van der Waals surface area contributed by atoms with Crippen LogP contribution in [0.2, 0.25) is 0 Å². The van der Waals surface area contributed by atoms with Crippen LogP contribution in [0.4, 0.5) is 0 Å². The van der Waals surface area contributed by atoms with E-state index >= 15 is 0 Å². The molecule has 0 spiro atoms. The molecule has 0 atom stereocenters. The van der Waals surface area contributed by atoms with E-state index in [0.717, 1.165) is 55.7 Å². The summed E-state index contributed by atoms with van der Waals surface area (Å²) in [5.41, 5.74) is 0. The largest absolute Gasteiger partial charge is 0.494 e. The Kier molecular flexibility index (Phi) is 7.89. The van der Waals surface area contributed by atoms with Gasteiger partial charge in [0.05, 0.1) is 13.2 Å². The first-order valence-electron chi connectivity index (χ1n) is 6.28. The summed E-state index contributed by atoms with van der Waals surface area (Å²) in [6.45, 7) is 3.73. The first-order valence-corrected chi connectivity index (χ1v) is 7.40. The van der Waals surface area contributed by atoms with Crippen LogP contribution < -0.4 is 9.47 Å². The third kappa shape index (κ3) is 6.57. The summed E-state index contributed by atoms with van der Waals surface area (Å²) in [5.74, 6) is 1.84. The van der Waals surface area contributed by atoms with Crippen molar-refractivity contribution in [3.8, 4) is 11.5 Å². The molecule has 0 aromatic heterocycles. The second kappa shape index (κ2) is 9.34. The topological polar surface area (TPSA) is 18.5 Å². The molecule has 2 nitrogen and oxygen atoms in total. The van der Waals surface area contributed by atoms with E-state index in [1.165, 1.54) is 0 Å². The minimum Gasteiger partial charge on any atom is -0.494 e. The first-order chi connectivity index (χ1) is 8.36. The number of hydrogen-bond donors (Lipinski definition) is 0. The highest BCUT2D eigenvalue weighted by molar-refractivity contribution is 9.09. The van der Waals surface area contributed by atoms with Gasteiger partial charge >= 0.3 is 0 Å². The summed E-state index contributed by atoms with van der Waals surface area (Å²) >= 11 is 3.40. The molecule has 0 N–H and O–H groups in total. The predicted molar refractivity (Wildman–Crippen MR) is 75.4 cm³/mol. The van der Waals surface area contributed by atoms with Gasteiger partial charge in [0.1, 0.15) is 11.5 Å². The fourth-order valence-corrected chi connectivity index (χ4v) is 1.75. The van der Waals surface area contributed by atoms with Gasteiger partial charge < -0.3 is 9.47 Å². The van der Waals surface area contributed by atoms with Gasteiger partial charge in [-0.3, -0.25) is 0 Å². The number of alkyl halides is 1. The standard InChI is InChI=1S/C14H21BrO2/c1-2-3-11-16-13-6-8-14(9-7-13)17-12-5-4-10-15/h6-9H,2-5,10-12H2,1H3. The van der Waals surface area contributed by atoms with Crippen molar-refractivity contribution in [3.63, 3.8) is 0 Å². The number of ether oxygens (including phenoxy) is 2. The first kappa shape index (κ1) is 14.4. The third-order valence-electron chi connectivity index (χ3n) is 2.39. The Bertz CT molecular complexity index is 285. The van der Waals surface area contributed by atoms with Gasteiger partial charge in [-0.25, -0.2) is 0 Å². The van der Waals surface area contributed by atoms with E-state index in [0.29, 0.717) is 0 Å². The molecule has 0 fully saturated rings. The van der Waals surface area contributed by atoms with Crippen LogP contribution in [0.25, 0.3) is 0 Å². The highest BCUT2D eigenvalue weighted by atomic mass is 79.9. The Balaban J connectivity index is 2.24. The van der Waals surface area contributed by atoms with Crippen molar-refractivity contribution in [1.29, 1.82) is 0 Å². The molecule has 0 saturated heterocycles. The summed E-state index contributed by atoms with van der Waals surface area (Å²) in [7, 11) is 0. The summed E-state index contributed by atoms with van der Waals surface area (Å²) < 4.78 is 11.2. The maximum absolute atomic E-state index is 5.61. The summed E-state index contributed by atoms with van der Waals surface area (Å²) in [4.78, 5) is 0. The molecule has 1 aromatic rings. The molecule has 96 valence electrons. The lowest BCUT2D eigenvalue weighted by Gasteiger charge is -2.08. The SMILES string of the molecule is CCCCOc1ccc(OCCCCBr)cc1. The van der Waals surface area contributed by atoms with Crippen LogP contribution in [0.3, 0.4) is 0 Å². The molecule has 0 aliphatic carbocycles. The minimum absolute atomic E-state index is 0.779. The molecular formula is C14H21BrO2. The highest BCUT2D eigenvalue weighted by Gasteiger charge is 1.96. The number of hydrogen-bond acceptors (Lipinski definition) is 2. The fraction of sp³-hybridized carbons (Fsp3) is 0.571. The van der Waals surface area contributed by atoms with E-state index in [9.17, 15) is 0 Å². The third-order valence-corrected chi connectivity index (χ3v) is 2.95. The maximum atomic E-state index is 5.61. The van der Waals surface area contributed by atoms with Gasteiger partial charge in [0.2, 0.25) is 0 Å². The van der Waals surface area contributed by atoms with Crippen molar-refractivity contribution >= 4 is 15.9 Å². The Morgan fingerprint density at radius 2 is 1.41 bits per heavy atom. The zero-order valence-electron chi connectivity index (χ0n) is 10.5. The molecule has 0 bridgehead atoms. The van der Waals surface area contributed by atoms with Crippen molar-refractivity contribution in [1.82, 2.24) is 0 Å². The summed E-state index contributed by atoms with van der Waals surface area (Å²) in [5, 5.41) is 1.04. The van der Waals surface area contributed by atoms with E-state index in [4.69, 9.17) is 9.47 Å². The Morgan fingerprint density at radius 3 is 1.88 bits per heavy atom. The van der Waals surface area contributed by atoms with E-state index < -0.39 is 0 Å². The van der Waals surface area contributed by atoms with Crippen LogP contribution in [-0.4, -0.2) is 18.5 Å². The average molecular weight is 301 g/mol. The maximum Gasteiger partial charge on any atom is 0.119 e. The molecular weight excluding hydrogens is 280 g/mol. The number of halogens is 1. The van der Waals surface area contributed by atoms with Crippen LogP contribution in [-0.2, 0) is 0 Å². The lowest BCUT2D eigenvalue weighted by atomic mass is 10.3. The molecule has 1 aromatic carbocycles. The normalized spacial score (nSPS) is 10.2. The molecule has 0 aliphatic heterocycles. The number of rotatable bonds is 9. The van der Waals surface area contributed by atoms with Crippen molar-refractivity contribution in [2.75, 3.05) is 18.5 Å². The Labute approximate surface area is 112 Å². The van der Waals surface area contributed by atoms with Crippen molar-refractivity contribution < 1.29 is 9.47 Å². The smallest absolute Gasteiger partial charge is 0.119 e. The molecule has 17 heavy (non-hydrogen) atoms. The molecule has 0 unspecified atom stereocenters. The van der Waals surface area contributed by atoms with E-state index in [2.05, 4.69) is 22.9 Å². The van der Waals surface area contributed by atoms with E-state index in [-0.39, 0.29) is 0 Å². The van der Waals surface area contributed by atoms with Crippen LogP contribution in [0, 0.1) is 0 Å². The van der Waals surface area contributed by atoms with Gasteiger partial charge in [-0.1, -0.05) is 29.3 Å². The van der Waals surface area contributed by atoms with Crippen LogP contribution in [0.1, 0.15) is 32.6 Å². The second-order valence-corrected chi connectivity index (χ2v) is 4.71. The highest BCUT2D eigenvalue weighted by Crippen LogP contribution is 2.18. The average Bonchev–Trinajstić information content (AvgIpc) is 2.37. The lowest BCUT2D eigenvalue weighted by Crippen LogP contribution is -1.98. The van der Waals surface area contributed by atoms with E-state index in [1.807, 2.05) is 24.3 Å². The van der Waals surface area contributed by atoms with Crippen molar-refractivity contribution in [2.24, 2.45) is 0 Å². The number of benzene rings is 1. The quantitative estimate of drug-likeness (QED) is 0.496. The van der Waals surface area contributed by atoms with Gasteiger partial charge in [0, 0.05) is 5.33 Å². The van der Waals surface area contributed by atoms with Crippen LogP contribution >= 0.6 is 15.9 Å². The van der Waals surface area contributed by atoms with Crippen LogP contribution in [0.5, 0.6) is 11.5 Å². The van der Waals surface area contributed by atoms with Gasteiger partial charge in [0.25, 0.3) is 0 Å². The van der Waals surface area contributed by atoms with Gasteiger partial charge in [-0.05, 0) is 43.5 Å². The molecule has 0 saturated carbocycles. The minimum atomic E-state index is 0.779. The van der Waals surface area contributed by atoms with Gasteiger partial charge in [-0.15, -0.1) is 0 Å². The van der Waals surface area contributed by atoms with E-state index in [1.54, 1.807) is 0 Å². The monoisotopic (exact) mass is 300 g/mol. The van der Waals surface area contributed by atoms with Crippen LogP contribution in [0.15, 0.2) is 24.3 Å². The lowest BCUT2D eigenvalue weighted by molar-refractivity contribution is 0.301. The molecule has 1 rings (SSSR count). The zero-order valence-corrected chi connectivity index (χ0v) is 12.0. The van der Waals surface area contributed by atoms with Gasteiger partial charge in [-0.2, -0.15) is 0 Å². The Hall–Kier alpha value is -0.700. The predicted octanol–water partition coefficient (Wildman–Crippen LogP) is 4.42. The molecule has 0 amide bonds. The number of unbranched alkanes of at least 4 members (excludes halogenated alkanes) is 2. The van der Waals surface area contributed by atoms with Crippen molar-refractivity contribution in [3.05, 3.63) is 24.3 Å². The fourth-order valence-electron chi connectivity index (χ4n) is 1.35. The molecule has 0 heterocycles. The molecule has 0 radical (unpaired) electrons. The zero-order chi connectivity index (χ0) is 12.3. The summed E-state index contributed by atoms with van der Waals surface area (Å²) in [6, 6.07) is 7.87. The Morgan fingerprint density at radius 1 is 0.882 bits per heavy atom. The summed E-state index contributed by atoms with van der Waals surface area (Å²) in [6.07, 6.45) is 4.50. The molecule has 3 heteroatoms. The van der Waals surface area contributed by atoms with Gasteiger partial charge in [0.15, 0.2) is 0 Å². The second-order valence-electron chi connectivity index (χ2n) is 3.92.